The normalized spacial score (nSPS) is 14.5. The summed E-state index contributed by atoms with van der Waals surface area (Å²) >= 11 is 0. The van der Waals surface area contributed by atoms with E-state index in [1.165, 1.54) is 24.8 Å². The predicted molar refractivity (Wildman–Crippen MR) is 260 cm³/mol. The molecular formula is C54H55N5O9. The number of aromatic hydroxyl groups is 1. The molecule has 0 spiro atoms. The van der Waals surface area contributed by atoms with E-state index in [1.54, 1.807) is 60.7 Å². The number of phenolic OH excluding ortho intramolecular Hbond substituents is 1. The van der Waals surface area contributed by atoms with Crippen molar-refractivity contribution in [1.82, 2.24) is 20.5 Å². The molecule has 14 heteroatoms. The van der Waals surface area contributed by atoms with Gasteiger partial charge in [-0.3, -0.25) is 9.69 Å². The third kappa shape index (κ3) is 11.0. The van der Waals surface area contributed by atoms with Crippen LogP contribution in [-0.2, 0) is 36.6 Å². The SMILES string of the molecule is COc1cc(NC(=O)NCc2ccc(COc3cccc([C@@](O)(C(=O)O)c4ccccc4C4CCN(Cc5ccccc5)CC4)c3)cc2)ccc1CNC[C@H](O)c1ccc(O)c2[nH]c(=O)ccc12. The maximum atomic E-state index is 13.0. The summed E-state index contributed by atoms with van der Waals surface area (Å²) < 4.78 is 11.7. The minimum Gasteiger partial charge on any atom is -0.506 e. The van der Waals surface area contributed by atoms with Crippen LogP contribution in [0.4, 0.5) is 10.5 Å². The molecule has 1 saturated heterocycles. The number of nitrogens with one attached hydrogen (secondary N) is 4. The number of fused-ring (bicyclic) bond motifs is 1. The molecule has 8 N–H and O–H groups in total. The first-order valence-corrected chi connectivity index (χ1v) is 22.6. The van der Waals surface area contributed by atoms with Gasteiger partial charge in [-0.05, 0) is 90.0 Å². The van der Waals surface area contributed by atoms with Crippen LogP contribution in [0.15, 0.2) is 150 Å². The molecule has 2 amide bonds. The number of carboxylic acids is 1. The van der Waals surface area contributed by atoms with Crippen LogP contribution in [0.5, 0.6) is 17.2 Å². The number of anilines is 1. The number of carbonyl (C=O) groups excluding carboxylic acids is 1. The number of piperidine rings is 1. The number of aliphatic hydroxyl groups is 2. The van der Waals surface area contributed by atoms with Crippen molar-refractivity contribution in [3.05, 3.63) is 200 Å². The Bertz CT molecular complexity index is 2920. The standard InChI is InChI=1S/C54H55N5O9/c1-67-49-29-41(19-18-39(49)31-55-32-48(61)44-20-22-47(60)51-45(44)21-23-50(62)58-51)57-53(65)56-30-35-14-16-37(17-15-35)34-68-42-11-7-10-40(28-42)54(66,52(63)64)46-13-6-5-12-43(46)38-24-26-59(27-25-38)33-36-8-3-2-4-9-36/h2-23,28-29,38,48,55,60-61,66H,24-27,30-34H2,1H3,(H,58,62)(H,63,64)(H2,56,57,65)/t48-,54-/m0/s1. The summed E-state index contributed by atoms with van der Waals surface area (Å²) in [6, 6.07) is 42.7. The van der Waals surface area contributed by atoms with Crippen molar-refractivity contribution in [3.63, 3.8) is 0 Å². The summed E-state index contributed by atoms with van der Waals surface area (Å²) in [6.07, 6.45) is 0.767. The summed E-state index contributed by atoms with van der Waals surface area (Å²) in [6.45, 7) is 3.58. The highest BCUT2D eigenvalue weighted by Crippen LogP contribution is 2.40. The van der Waals surface area contributed by atoms with E-state index in [0.29, 0.717) is 40.2 Å². The highest BCUT2D eigenvalue weighted by Gasteiger charge is 2.43. The summed E-state index contributed by atoms with van der Waals surface area (Å²) in [7, 11) is 1.53. The molecule has 0 radical (unpaired) electrons. The van der Waals surface area contributed by atoms with Gasteiger partial charge in [-0.2, -0.15) is 0 Å². The average Bonchev–Trinajstić information content (AvgIpc) is 3.36. The van der Waals surface area contributed by atoms with Crippen LogP contribution < -0.4 is 31.0 Å². The fraction of sp³-hybridized carbons (Fsp3) is 0.241. The third-order valence-corrected chi connectivity index (χ3v) is 12.5. The van der Waals surface area contributed by atoms with E-state index >= 15 is 0 Å². The summed E-state index contributed by atoms with van der Waals surface area (Å²) in [5.74, 6) is -0.398. The number of aromatic amines is 1. The van der Waals surface area contributed by atoms with Crippen molar-refractivity contribution >= 4 is 28.6 Å². The second-order valence-electron chi connectivity index (χ2n) is 17.0. The topological polar surface area (TPSA) is 206 Å². The average molecular weight is 918 g/mol. The fourth-order valence-electron chi connectivity index (χ4n) is 8.88. The Kier molecular flexibility index (Phi) is 14.8. The van der Waals surface area contributed by atoms with Crippen molar-refractivity contribution in [2.24, 2.45) is 0 Å². The second-order valence-corrected chi connectivity index (χ2v) is 17.0. The molecule has 7 aromatic rings. The number of phenols is 1. The van der Waals surface area contributed by atoms with Gasteiger partial charge in [0.05, 0.1) is 18.7 Å². The Morgan fingerprint density at radius 2 is 1.57 bits per heavy atom. The highest BCUT2D eigenvalue weighted by molar-refractivity contribution is 5.90. The van der Waals surface area contributed by atoms with Crippen LogP contribution in [0.1, 0.15) is 69.4 Å². The number of amides is 2. The van der Waals surface area contributed by atoms with Gasteiger partial charge in [-0.15, -0.1) is 0 Å². The number of H-pyrrole nitrogens is 1. The van der Waals surface area contributed by atoms with Crippen molar-refractivity contribution < 1.29 is 39.5 Å². The molecular weight excluding hydrogens is 863 g/mol. The molecule has 1 aliphatic rings. The number of hydrogen-bond acceptors (Lipinski definition) is 10. The van der Waals surface area contributed by atoms with Crippen LogP contribution in [0, 0.1) is 0 Å². The molecule has 0 saturated carbocycles. The minimum absolute atomic E-state index is 0.0810. The molecule has 2 heterocycles. The Balaban J connectivity index is 0.819. The fourth-order valence-corrected chi connectivity index (χ4v) is 8.88. The Morgan fingerprint density at radius 3 is 2.34 bits per heavy atom. The number of rotatable bonds is 18. The van der Waals surface area contributed by atoms with Gasteiger partial charge < -0.3 is 50.8 Å². The first kappa shape index (κ1) is 47.0. The van der Waals surface area contributed by atoms with E-state index < -0.39 is 23.7 Å². The van der Waals surface area contributed by atoms with Gasteiger partial charge in [0, 0.05) is 66.1 Å². The van der Waals surface area contributed by atoms with Gasteiger partial charge >= 0.3 is 12.0 Å². The number of pyridine rings is 1. The molecule has 68 heavy (non-hydrogen) atoms. The van der Waals surface area contributed by atoms with E-state index in [4.69, 9.17) is 9.47 Å². The molecule has 1 aliphatic heterocycles. The maximum Gasteiger partial charge on any atom is 0.345 e. The smallest absolute Gasteiger partial charge is 0.345 e. The quantitative estimate of drug-likeness (QED) is 0.0420. The zero-order chi connectivity index (χ0) is 47.6. The van der Waals surface area contributed by atoms with Crippen molar-refractivity contribution in [1.29, 1.82) is 0 Å². The van der Waals surface area contributed by atoms with E-state index in [1.807, 2.05) is 60.7 Å². The minimum atomic E-state index is -2.30. The first-order chi connectivity index (χ1) is 33.0. The van der Waals surface area contributed by atoms with Crippen molar-refractivity contribution in [2.45, 2.75) is 56.7 Å². The summed E-state index contributed by atoms with van der Waals surface area (Å²) in [5, 5.41) is 53.3. The molecule has 0 bridgehead atoms. The number of benzene rings is 6. The lowest BCUT2D eigenvalue weighted by atomic mass is 9.78. The number of aliphatic carboxylic acids is 1. The number of carbonyl (C=O) groups is 2. The second kappa shape index (κ2) is 21.4. The lowest BCUT2D eigenvalue weighted by molar-refractivity contribution is -0.155. The number of methoxy groups -OCH3 is 1. The highest BCUT2D eigenvalue weighted by atomic mass is 16.5. The van der Waals surface area contributed by atoms with Gasteiger partial charge in [0.2, 0.25) is 11.2 Å². The number of aliphatic hydroxyl groups excluding tert-OH is 1. The van der Waals surface area contributed by atoms with Crippen LogP contribution in [0.25, 0.3) is 10.9 Å². The van der Waals surface area contributed by atoms with Crippen LogP contribution in [-0.4, -0.2) is 69.1 Å². The Labute approximate surface area is 393 Å². The van der Waals surface area contributed by atoms with Gasteiger partial charge in [0.15, 0.2) is 0 Å². The largest absolute Gasteiger partial charge is 0.506 e. The zero-order valence-electron chi connectivity index (χ0n) is 37.7. The molecule has 350 valence electrons. The number of aromatic nitrogens is 1. The van der Waals surface area contributed by atoms with E-state index in [0.717, 1.165) is 54.7 Å². The van der Waals surface area contributed by atoms with Crippen LogP contribution in [0.3, 0.4) is 0 Å². The summed E-state index contributed by atoms with van der Waals surface area (Å²) in [4.78, 5) is 42.7. The number of ether oxygens (including phenoxy) is 2. The molecule has 8 rings (SSSR count). The number of nitrogens with zero attached hydrogens (tertiary/aromatic N) is 1. The first-order valence-electron chi connectivity index (χ1n) is 22.6. The molecule has 14 nitrogen and oxygen atoms in total. The third-order valence-electron chi connectivity index (χ3n) is 12.5. The van der Waals surface area contributed by atoms with Gasteiger partial charge in [0.1, 0.15) is 23.9 Å². The predicted octanol–water partition coefficient (Wildman–Crippen LogP) is 7.67. The van der Waals surface area contributed by atoms with Crippen LogP contribution in [0.2, 0.25) is 0 Å². The molecule has 0 aliphatic carbocycles. The van der Waals surface area contributed by atoms with Gasteiger partial charge in [0.25, 0.3) is 0 Å². The molecule has 2 atom stereocenters. The number of urea groups is 1. The van der Waals surface area contributed by atoms with Crippen molar-refractivity contribution in [2.75, 3.05) is 32.1 Å². The van der Waals surface area contributed by atoms with Gasteiger partial charge in [-0.25, -0.2) is 9.59 Å². The molecule has 0 unspecified atom stereocenters. The zero-order valence-corrected chi connectivity index (χ0v) is 37.7. The number of carboxylic acid groups (broad SMARTS) is 1. The van der Waals surface area contributed by atoms with Crippen molar-refractivity contribution in [3.8, 4) is 17.2 Å². The molecule has 6 aromatic carbocycles. The Hall–Kier alpha value is -7.49. The number of hydrogen-bond donors (Lipinski definition) is 8. The molecule has 1 aromatic heterocycles. The maximum absolute atomic E-state index is 13.0. The van der Waals surface area contributed by atoms with Gasteiger partial charge in [-0.1, -0.05) is 103 Å². The van der Waals surface area contributed by atoms with E-state index in [-0.39, 0.29) is 48.0 Å². The molecule has 1 fully saturated rings. The van der Waals surface area contributed by atoms with Crippen LogP contribution >= 0.6 is 0 Å². The van der Waals surface area contributed by atoms with E-state index in [2.05, 4.69) is 38.0 Å². The lowest BCUT2D eigenvalue weighted by Gasteiger charge is -2.35. The monoisotopic (exact) mass is 917 g/mol. The summed E-state index contributed by atoms with van der Waals surface area (Å²) in [5.41, 5.74) is 3.86. The Morgan fingerprint density at radius 1 is 0.824 bits per heavy atom. The van der Waals surface area contributed by atoms with E-state index in [9.17, 15) is 34.8 Å². The number of likely N-dealkylation sites (tertiary alicyclic amines) is 1. The lowest BCUT2D eigenvalue weighted by Crippen LogP contribution is -2.39.